The van der Waals surface area contributed by atoms with Crippen molar-refractivity contribution in [3.63, 3.8) is 0 Å². The van der Waals surface area contributed by atoms with Gasteiger partial charge in [0.05, 0.1) is 19.1 Å². The number of aliphatic carboxylic acids is 1. The molecular formula is C29H30F3N3O8. The maximum Gasteiger partial charge on any atom is 0.573 e. The predicted octanol–water partition coefficient (Wildman–Crippen LogP) is 3.17. The van der Waals surface area contributed by atoms with Gasteiger partial charge in [0.2, 0.25) is 11.8 Å². The number of ether oxygens (including phenoxy) is 2. The van der Waals surface area contributed by atoms with E-state index in [1.54, 1.807) is 0 Å². The zero-order valence-electron chi connectivity index (χ0n) is 23.3. The van der Waals surface area contributed by atoms with Gasteiger partial charge in [-0.25, -0.2) is 4.79 Å². The van der Waals surface area contributed by atoms with Gasteiger partial charge >= 0.3 is 18.3 Å². The zero-order valence-corrected chi connectivity index (χ0v) is 23.3. The summed E-state index contributed by atoms with van der Waals surface area (Å²) in [5.74, 6) is -4.11. The molecule has 3 N–H and O–H groups in total. The number of esters is 1. The largest absolute Gasteiger partial charge is 0.573 e. The molecule has 1 aliphatic rings. The van der Waals surface area contributed by atoms with Crippen molar-refractivity contribution in [1.82, 2.24) is 15.5 Å². The molecular weight excluding hydrogens is 575 g/mol. The lowest BCUT2D eigenvalue weighted by molar-refractivity contribution is -0.274. The van der Waals surface area contributed by atoms with Gasteiger partial charge in [-0.2, -0.15) is 0 Å². The second-order valence-corrected chi connectivity index (χ2v) is 9.69. The van der Waals surface area contributed by atoms with Crippen LogP contribution in [0.5, 0.6) is 5.75 Å². The van der Waals surface area contributed by atoms with Gasteiger partial charge in [0, 0.05) is 20.0 Å². The van der Waals surface area contributed by atoms with Crippen LogP contribution < -0.4 is 15.4 Å². The lowest BCUT2D eigenvalue weighted by atomic mass is 10.0. The first-order valence-electron chi connectivity index (χ1n) is 13.1. The van der Waals surface area contributed by atoms with Crippen LogP contribution in [0.3, 0.4) is 0 Å². The van der Waals surface area contributed by atoms with Crippen molar-refractivity contribution < 1.29 is 51.7 Å². The standard InChI is InChI=1S/C29H30F3N3O8/c1-17(36)33-24(14-19-6-9-20(15-25(37)38)22(13-19)28(41)42-2)26(39)34-23-5-3-4-12-35(27(23)40)16-18-7-10-21(11-8-18)43-29(30,31)32/h6-11,13-14,23H,3-5,12,15-16H2,1-2H3,(H,33,36)(H,34,39)(H,37,38)/t23-/m0/s1. The van der Waals surface area contributed by atoms with Gasteiger partial charge in [0.25, 0.3) is 5.91 Å². The summed E-state index contributed by atoms with van der Waals surface area (Å²) in [6.07, 6.45) is -2.47. The molecule has 1 fully saturated rings. The lowest BCUT2D eigenvalue weighted by Crippen LogP contribution is -2.48. The number of rotatable bonds is 10. The van der Waals surface area contributed by atoms with E-state index in [4.69, 9.17) is 9.84 Å². The summed E-state index contributed by atoms with van der Waals surface area (Å²) in [6.45, 7) is 1.63. The Labute approximate surface area is 244 Å². The Bertz CT molecular complexity index is 1410. The minimum atomic E-state index is -4.83. The number of carboxylic acid groups (broad SMARTS) is 1. The summed E-state index contributed by atoms with van der Waals surface area (Å²) in [5.41, 5.74) is 0.766. The molecule has 1 saturated heterocycles. The second-order valence-electron chi connectivity index (χ2n) is 9.69. The summed E-state index contributed by atoms with van der Waals surface area (Å²) in [7, 11) is 1.13. The van der Waals surface area contributed by atoms with E-state index in [0.29, 0.717) is 31.4 Å². The Kier molecular flexibility index (Phi) is 10.9. The molecule has 1 heterocycles. The Balaban J connectivity index is 1.80. The van der Waals surface area contributed by atoms with E-state index in [-0.39, 0.29) is 28.9 Å². The van der Waals surface area contributed by atoms with Crippen molar-refractivity contribution in [2.24, 2.45) is 0 Å². The molecule has 0 spiro atoms. The highest BCUT2D eigenvalue weighted by molar-refractivity contribution is 6.03. The minimum absolute atomic E-state index is 0.0335. The number of methoxy groups -OCH3 is 1. The molecule has 2 aromatic carbocycles. The van der Waals surface area contributed by atoms with E-state index >= 15 is 0 Å². The highest BCUT2D eigenvalue weighted by Crippen LogP contribution is 2.24. The number of nitrogens with one attached hydrogen (secondary N) is 2. The molecule has 1 aliphatic heterocycles. The SMILES string of the molecule is COC(=O)c1cc(C=C(NC(C)=O)C(=O)N[C@H]2CCCCN(Cc3ccc(OC(F)(F)F)cc3)C2=O)ccc1CC(=O)O. The van der Waals surface area contributed by atoms with Gasteiger partial charge in [-0.1, -0.05) is 24.3 Å². The highest BCUT2D eigenvalue weighted by Gasteiger charge is 2.32. The molecule has 1 atom stereocenters. The van der Waals surface area contributed by atoms with Crippen LogP contribution in [0.2, 0.25) is 0 Å². The molecule has 11 nitrogen and oxygen atoms in total. The van der Waals surface area contributed by atoms with Crippen molar-refractivity contribution in [3.8, 4) is 5.75 Å². The minimum Gasteiger partial charge on any atom is -0.481 e. The third-order valence-electron chi connectivity index (χ3n) is 6.36. The molecule has 0 unspecified atom stereocenters. The Morgan fingerprint density at radius 3 is 2.40 bits per heavy atom. The van der Waals surface area contributed by atoms with Gasteiger partial charge in [0.15, 0.2) is 0 Å². The average Bonchev–Trinajstić information content (AvgIpc) is 3.09. The van der Waals surface area contributed by atoms with E-state index in [2.05, 4.69) is 15.4 Å². The summed E-state index contributed by atoms with van der Waals surface area (Å²) in [4.78, 5) is 63.5. The van der Waals surface area contributed by atoms with Crippen molar-refractivity contribution >= 4 is 35.7 Å². The fraction of sp³-hybridized carbons (Fsp3) is 0.345. The van der Waals surface area contributed by atoms with E-state index < -0.39 is 54.2 Å². The predicted molar refractivity (Wildman–Crippen MR) is 145 cm³/mol. The Morgan fingerprint density at radius 1 is 1.09 bits per heavy atom. The van der Waals surface area contributed by atoms with Crippen LogP contribution in [0.25, 0.3) is 6.08 Å². The fourth-order valence-corrected chi connectivity index (χ4v) is 4.46. The van der Waals surface area contributed by atoms with Crippen LogP contribution in [-0.2, 0) is 36.9 Å². The average molecular weight is 606 g/mol. The molecule has 43 heavy (non-hydrogen) atoms. The first-order chi connectivity index (χ1) is 20.3. The molecule has 0 bridgehead atoms. The molecule has 3 rings (SSSR count). The van der Waals surface area contributed by atoms with Crippen molar-refractivity contribution in [1.29, 1.82) is 0 Å². The molecule has 0 aromatic heterocycles. The molecule has 2 aromatic rings. The van der Waals surface area contributed by atoms with Crippen LogP contribution in [0.1, 0.15) is 53.2 Å². The van der Waals surface area contributed by atoms with E-state index in [0.717, 1.165) is 19.2 Å². The van der Waals surface area contributed by atoms with Crippen molar-refractivity contribution in [2.75, 3.05) is 13.7 Å². The summed E-state index contributed by atoms with van der Waals surface area (Å²) < 4.78 is 46.0. The number of halogens is 3. The number of carboxylic acids is 1. The van der Waals surface area contributed by atoms with Crippen LogP contribution in [0, 0.1) is 0 Å². The number of benzene rings is 2. The first kappa shape index (κ1) is 32.6. The maximum absolute atomic E-state index is 13.4. The zero-order chi connectivity index (χ0) is 31.7. The quantitative estimate of drug-likeness (QED) is 0.276. The molecule has 0 saturated carbocycles. The Hall–Kier alpha value is -4.88. The highest BCUT2D eigenvalue weighted by atomic mass is 19.4. The van der Waals surface area contributed by atoms with E-state index in [1.807, 2.05) is 0 Å². The number of carbonyl (C=O) groups excluding carboxylic acids is 4. The smallest absolute Gasteiger partial charge is 0.481 e. The van der Waals surface area contributed by atoms with E-state index in [1.165, 1.54) is 48.2 Å². The van der Waals surface area contributed by atoms with Gasteiger partial charge in [0.1, 0.15) is 17.5 Å². The lowest BCUT2D eigenvalue weighted by Gasteiger charge is -2.25. The van der Waals surface area contributed by atoms with Crippen LogP contribution in [0.4, 0.5) is 13.2 Å². The number of alkyl halides is 3. The molecule has 0 aliphatic carbocycles. The summed E-state index contributed by atoms with van der Waals surface area (Å²) >= 11 is 0. The Morgan fingerprint density at radius 2 is 1.79 bits per heavy atom. The first-order valence-corrected chi connectivity index (χ1v) is 13.1. The van der Waals surface area contributed by atoms with Gasteiger partial charge in [-0.05, 0) is 60.2 Å². The molecule has 3 amide bonds. The number of hydrogen-bond acceptors (Lipinski definition) is 7. The normalized spacial score (nSPS) is 15.7. The monoisotopic (exact) mass is 605 g/mol. The summed E-state index contributed by atoms with van der Waals surface area (Å²) in [6, 6.07) is 8.34. The number of carbonyl (C=O) groups is 5. The summed E-state index contributed by atoms with van der Waals surface area (Å²) in [5, 5.41) is 14.2. The number of nitrogens with zero attached hydrogens (tertiary/aromatic N) is 1. The van der Waals surface area contributed by atoms with Crippen LogP contribution in [-0.4, -0.2) is 65.7 Å². The van der Waals surface area contributed by atoms with Crippen LogP contribution >= 0.6 is 0 Å². The van der Waals surface area contributed by atoms with Gasteiger partial charge in [-0.15, -0.1) is 13.2 Å². The van der Waals surface area contributed by atoms with E-state index in [9.17, 15) is 37.1 Å². The topological polar surface area (TPSA) is 151 Å². The number of amides is 3. The third kappa shape index (κ3) is 9.87. The number of hydrogen-bond donors (Lipinski definition) is 3. The van der Waals surface area contributed by atoms with Crippen molar-refractivity contribution in [2.45, 2.75) is 51.6 Å². The maximum atomic E-state index is 13.4. The molecule has 0 radical (unpaired) electrons. The van der Waals surface area contributed by atoms with Gasteiger partial charge in [-0.3, -0.25) is 19.2 Å². The van der Waals surface area contributed by atoms with Gasteiger partial charge < -0.3 is 30.1 Å². The third-order valence-corrected chi connectivity index (χ3v) is 6.36. The van der Waals surface area contributed by atoms with Crippen molar-refractivity contribution in [3.05, 3.63) is 70.4 Å². The molecule has 14 heteroatoms. The fourth-order valence-electron chi connectivity index (χ4n) is 4.46. The van der Waals surface area contributed by atoms with Crippen LogP contribution in [0.15, 0.2) is 48.2 Å². The second kappa shape index (κ2) is 14.3. The number of likely N-dealkylation sites (tertiary alicyclic amines) is 1. The molecule has 230 valence electrons.